The summed E-state index contributed by atoms with van der Waals surface area (Å²) in [5.41, 5.74) is 0. The second-order valence-electron chi connectivity index (χ2n) is 4.82. The predicted molar refractivity (Wildman–Crippen MR) is 79.0 cm³/mol. The zero-order valence-corrected chi connectivity index (χ0v) is 13.0. The zero-order valence-electron chi connectivity index (χ0n) is 12.1. The van der Waals surface area contributed by atoms with Gasteiger partial charge in [0.05, 0.1) is 6.61 Å². The minimum atomic E-state index is -4.25. The SMILES string of the molecule is CC/C=C\CCCCCCCCCCOP(=O)(O)O. The first-order valence-corrected chi connectivity index (χ1v) is 8.94. The van der Waals surface area contributed by atoms with Gasteiger partial charge in [0, 0.05) is 0 Å². The smallest absolute Gasteiger partial charge is 0.303 e. The Morgan fingerprint density at radius 2 is 1.42 bits per heavy atom. The third-order valence-electron chi connectivity index (χ3n) is 2.93. The molecule has 0 bridgehead atoms. The van der Waals surface area contributed by atoms with Crippen LogP contribution in [0.5, 0.6) is 0 Å². The van der Waals surface area contributed by atoms with Crippen LogP contribution in [0, 0.1) is 0 Å². The van der Waals surface area contributed by atoms with Gasteiger partial charge in [0.1, 0.15) is 0 Å². The topological polar surface area (TPSA) is 66.8 Å². The summed E-state index contributed by atoms with van der Waals surface area (Å²) in [5, 5.41) is 0. The van der Waals surface area contributed by atoms with Crippen LogP contribution in [0.2, 0.25) is 0 Å². The Kier molecular flexibility index (Phi) is 12.8. The Bertz CT molecular complexity index is 260. The van der Waals surface area contributed by atoms with Crippen LogP contribution >= 0.6 is 7.82 Å². The lowest BCUT2D eigenvalue weighted by Gasteiger charge is -2.04. The third-order valence-corrected chi connectivity index (χ3v) is 3.45. The van der Waals surface area contributed by atoms with Gasteiger partial charge in [-0.05, 0) is 25.7 Å². The van der Waals surface area contributed by atoms with Crippen molar-refractivity contribution >= 4 is 7.82 Å². The molecule has 0 amide bonds. The van der Waals surface area contributed by atoms with Crippen LogP contribution in [-0.2, 0) is 9.09 Å². The van der Waals surface area contributed by atoms with Crippen LogP contribution in [0.15, 0.2) is 12.2 Å². The van der Waals surface area contributed by atoms with Gasteiger partial charge in [-0.25, -0.2) is 4.57 Å². The highest BCUT2D eigenvalue weighted by atomic mass is 31.2. The Morgan fingerprint density at radius 1 is 0.895 bits per heavy atom. The first kappa shape index (κ1) is 18.9. The molecule has 0 aromatic carbocycles. The number of rotatable bonds is 13. The molecule has 0 aromatic rings. The molecule has 0 saturated carbocycles. The van der Waals surface area contributed by atoms with Gasteiger partial charge in [-0.3, -0.25) is 4.52 Å². The first-order chi connectivity index (χ1) is 9.06. The van der Waals surface area contributed by atoms with Crippen LogP contribution < -0.4 is 0 Å². The quantitative estimate of drug-likeness (QED) is 0.296. The summed E-state index contributed by atoms with van der Waals surface area (Å²) >= 11 is 0. The van der Waals surface area contributed by atoms with E-state index in [4.69, 9.17) is 9.79 Å². The fourth-order valence-electron chi connectivity index (χ4n) is 1.89. The van der Waals surface area contributed by atoms with Crippen molar-refractivity contribution in [2.24, 2.45) is 0 Å². The first-order valence-electron chi connectivity index (χ1n) is 7.41. The summed E-state index contributed by atoms with van der Waals surface area (Å²) in [6.07, 6.45) is 16.0. The van der Waals surface area contributed by atoms with E-state index in [-0.39, 0.29) is 6.61 Å². The maximum atomic E-state index is 10.4. The third kappa shape index (κ3) is 17.9. The molecule has 114 valence electrons. The van der Waals surface area contributed by atoms with Crippen LogP contribution in [0.1, 0.15) is 71.1 Å². The fourth-order valence-corrected chi connectivity index (χ4v) is 2.26. The lowest BCUT2D eigenvalue weighted by Crippen LogP contribution is -1.92. The van der Waals surface area contributed by atoms with E-state index in [0.29, 0.717) is 0 Å². The summed E-state index contributed by atoms with van der Waals surface area (Å²) in [6, 6.07) is 0. The van der Waals surface area contributed by atoms with Crippen molar-refractivity contribution in [1.29, 1.82) is 0 Å². The van der Waals surface area contributed by atoms with Crippen LogP contribution in [0.3, 0.4) is 0 Å². The lowest BCUT2D eigenvalue weighted by atomic mass is 10.1. The van der Waals surface area contributed by atoms with E-state index in [2.05, 4.69) is 23.6 Å². The highest BCUT2D eigenvalue weighted by Crippen LogP contribution is 2.35. The van der Waals surface area contributed by atoms with Crippen molar-refractivity contribution < 1.29 is 18.9 Å². The molecule has 5 heteroatoms. The molecule has 0 rings (SSSR count). The molecule has 0 radical (unpaired) electrons. The minimum absolute atomic E-state index is 0.161. The molecule has 0 fully saturated rings. The summed E-state index contributed by atoms with van der Waals surface area (Å²) in [4.78, 5) is 17.0. The zero-order chi connectivity index (χ0) is 14.4. The average molecular weight is 292 g/mol. The second-order valence-corrected chi connectivity index (χ2v) is 6.06. The molecule has 0 unspecified atom stereocenters. The monoisotopic (exact) mass is 292 g/mol. The van der Waals surface area contributed by atoms with E-state index in [1.54, 1.807) is 0 Å². The predicted octanol–water partition coefficient (Wildman–Crippen LogP) is 4.57. The molecule has 4 nitrogen and oxygen atoms in total. The molecule has 0 aliphatic carbocycles. The molecule has 2 N–H and O–H groups in total. The Labute approximate surface area is 117 Å². The normalized spacial score (nSPS) is 12.4. The van der Waals surface area contributed by atoms with Crippen molar-refractivity contribution in [2.75, 3.05) is 6.61 Å². The number of allylic oxidation sites excluding steroid dienone is 2. The summed E-state index contributed by atoms with van der Waals surface area (Å²) in [7, 11) is -4.25. The van der Waals surface area contributed by atoms with Gasteiger partial charge in [0.25, 0.3) is 0 Å². The number of phosphoric ester groups is 1. The molecule has 0 spiro atoms. The Hall–Kier alpha value is -0.150. The number of hydrogen-bond acceptors (Lipinski definition) is 2. The number of hydrogen-bond donors (Lipinski definition) is 2. The Morgan fingerprint density at radius 3 is 1.95 bits per heavy atom. The fraction of sp³-hybridized carbons (Fsp3) is 0.857. The summed E-state index contributed by atoms with van der Waals surface area (Å²) in [6.45, 7) is 2.31. The van der Waals surface area contributed by atoms with E-state index in [0.717, 1.165) is 25.7 Å². The van der Waals surface area contributed by atoms with Gasteiger partial charge in [0.15, 0.2) is 0 Å². The van der Waals surface area contributed by atoms with Crippen molar-refractivity contribution in [3.8, 4) is 0 Å². The van der Waals surface area contributed by atoms with E-state index in [1.807, 2.05) is 0 Å². The van der Waals surface area contributed by atoms with Crippen molar-refractivity contribution in [3.05, 3.63) is 12.2 Å². The molecule has 0 aliphatic heterocycles. The average Bonchev–Trinajstić information content (AvgIpc) is 2.34. The summed E-state index contributed by atoms with van der Waals surface area (Å²) in [5.74, 6) is 0. The summed E-state index contributed by atoms with van der Waals surface area (Å²) < 4.78 is 14.8. The van der Waals surface area contributed by atoms with Crippen LogP contribution in [0.25, 0.3) is 0 Å². The standard InChI is InChI=1S/C14H29O4P/c1-2-3-4-5-6-7-8-9-10-11-12-13-14-18-19(15,16)17/h3-4H,2,5-14H2,1H3,(H2,15,16,17)/b4-3-. The molecule has 0 saturated heterocycles. The highest BCUT2D eigenvalue weighted by Gasteiger charge is 2.12. The number of phosphoric acid groups is 1. The van der Waals surface area contributed by atoms with Gasteiger partial charge < -0.3 is 9.79 Å². The molecular formula is C14H29O4P. The van der Waals surface area contributed by atoms with Gasteiger partial charge in [-0.2, -0.15) is 0 Å². The molecule has 0 heterocycles. The van der Waals surface area contributed by atoms with E-state index in [9.17, 15) is 4.57 Å². The Balaban J connectivity index is 3.07. The molecule has 0 aliphatic rings. The van der Waals surface area contributed by atoms with E-state index in [1.165, 1.54) is 38.5 Å². The van der Waals surface area contributed by atoms with Crippen molar-refractivity contribution in [1.82, 2.24) is 0 Å². The molecule has 0 aromatic heterocycles. The van der Waals surface area contributed by atoms with Gasteiger partial charge in [-0.15, -0.1) is 0 Å². The molecular weight excluding hydrogens is 263 g/mol. The van der Waals surface area contributed by atoms with Crippen LogP contribution in [-0.4, -0.2) is 16.4 Å². The minimum Gasteiger partial charge on any atom is -0.303 e. The molecule has 19 heavy (non-hydrogen) atoms. The van der Waals surface area contributed by atoms with Crippen molar-refractivity contribution in [3.63, 3.8) is 0 Å². The second kappa shape index (κ2) is 12.9. The molecule has 0 atom stereocenters. The maximum Gasteiger partial charge on any atom is 0.469 e. The van der Waals surface area contributed by atoms with Gasteiger partial charge >= 0.3 is 7.82 Å². The van der Waals surface area contributed by atoms with Gasteiger partial charge in [0.2, 0.25) is 0 Å². The highest BCUT2D eigenvalue weighted by molar-refractivity contribution is 7.46. The maximum absolute atomic E-state index is 10.4. The van der Waals surface area contributed by atoms with E-state index >= 15 is 0 Å². The largest absolute Gasteiger partial charge is 0.469 e. The number of unbranched alkanes of at least 4 members (excludes halogenated alkanes) is 8. The van der Waals surface area contributed by atoms with Crippen LogP contribution in [0.4, 0.5) is 0 Å². The van der Waals surface area contributed by atoms with Gasteiger partial charge in [-0.1, -0.05) is 57.6 Å². The van der Waals surface area contributed by atoms with E-state index < -0.39 is 7.82 Å². The van der Waals surface area contributed by atoms with Crippen molar-refractivity contribution in [2.45, 2.75) is 71.1 Å². The lowest BCUT2D eigenvalue weighted by molar-refractivity contribution is 0.193.